The number of hydrogen-bond acceptors (Lipinski definition) is 3. The van der Waals surface area contributed by atoms with Crippen LogP contribution in [0, 0.1) is 13.8 Å². The van der Waals surface area contributed by atoms with Crippen LogP contribution < -0.4 is 5.32 Å². The molecular weight excluding hydrogens is 302 g/mol. The molecule has 5 nitrogen and oxygen atoms in total. The predicted molar refractivity (Wildman–Crippen MR) is 94.5 cm³/mol. The van der Waals surface area contributed by atoms with Gasteiger partial charge in [-0.15, -0.1) is 0 Å². The van der Waals surface area contributed by atoms with Gasteiger partial charge in [-0.05, 0) is 54.8 Å². The van der Waals surface area contributed by atoms with Crippen LogP contribution in [0.25, 0.3) is 0 Å². The van der Waals surface area contributed by atoms with E-state index in [2.05, 4.69) is 10.3 Å². The van der Waals surface area contributed by atoms with Crippen LogP contribution in [0.2, 0.25) is 0 Å². The van der Waals surface area contributed by atoms with Gasteiger partial charge in [-0.25, -0.2) is 0 Å². The molecule has 0 saturated carbocycles. The van der Waals surface area contributed by atoms with Crippen LogP contribution in [0.1, 0.15) is 30.0 Å². The van der Waals surface area contributed by atoms with Gasteiger partial charge in [-0.2, -0.15) is 0 Å². The lowest BCUT2D eigenvalue weighted by molar-refractivity contribution is -0.129. The monoisotopic (exact) mass is 325 g/mol. The molecule has 0 atom stereocenters. The second-order valence-corrected chi connectivity index (χ2v) is 5.89. The first-order valence-corrected chi connectivity index (χ1v) is 7.97. The maximum atomic E-state index is 12.1. The first kappa shape index (κ1) is 17.7. The Morgan fingerprint density at radius 1 is 1.08 bits per heavy atom. The van der Waals surface area contributed by atoms with E-state index in [1.165, 1.54) is 12.5 Å². The summed E-state index contributed by atoms with van der Waals surface area (Å²) in [4.78, 5) is 29.5. The molecule has 0 fully saturated rings. The van der Waals surface area contributed by atoms with E-state index < -0.39 is 0 Å². The molecule has 0 radical (unpaired) electrons. The van der Waals surface area contributed by atoms with Gasteiger partial charge in [0.1, 0.15) is 0 Å². The first-order valence-electron chi connectivity index (χ1n) is 7.97. The lowest BCUT2D eigenvalue weighted by Gasteiger charge is -2.21. The first-order chi connectivity index (χ1) is 11.5. The number of rotatable bonds is 6. The smallest absolute Gasteiger partial charge is 0.226 e. The summed E-state index contributed by atoms with van der Waals surface area (Å²) in [5.74, 6) is -0.148. The van der Waals surface area contributed by atoms with Crippen LogP contribution in [-0.4, -0.2) is 28.2 Å². The number of nitrogens with zero attached hydrogens (tertiary/aromatic N) is 2. The second-order valence-electron chi connectivity index (χ2n) is 5.89. The Morgan fingerprint density at radius 2 is 1.79 bits per heavy atom. The molecule has 1 aromatic heterocycles. The normalized spacial score (nSPS) is 10.3. The summed E-state index contributed by atoms with van der Waals surface area (Å²) in [7, 11) is 0. The Hall–Kier alpha value is -2.69. The van der Waals surface area contributed by atoms with Crippen molar-refractivity contribution in [3.63, 3.8) is 0 Å². The number of aryl methyl sites for hydroxylation is 2. The van der Waals surface area contributed by atoms with E-state index in [-0.39, 0.29) is 18.2 Å². The Labute approximate surface area is 142 Å². The standard InChI is InChI=1S/C19H23N3O2/c1-14-4-5-18(12-15(14)2)21-19(24)8-11-22(16(3)23)13-17-6-9-20-10-7-17/h4-7,9-10,12H,8,11,13H2,1-3H3,(H,21,24). The van der Waals surface area contributed by atoms with Gasteiger partial charge in [0, 0.05) is 44.5 Å². The minimum Gasteiger partial charge on any atom is -0.338 e. The highest BCUT2D eigenvalue weighted by Crippen LogP contribution is 2.14. The Morgan fingerprint density at radius 3 is 2.42 bits per heavy atom. The van der Waals surface area contributed by atoms with E-state index in [1.807, 2.05) is 44.2 Å². The Balaban J connectivity index is 1.90. The van der Waals surface area contributed by atoms with E-state index in [0.29, 0.717) is 13.1 Å². The number of amides is 2. The van der Waals surface area contributed by atoms with Gasteiger partial charge in [-0.3, -0.25) is 14.6 Å². The molecule has 2 rings (SSSR count). The molecular formula is C19H23N3O2. The Bertz CT molecular complexity index is 714. The van der Waals surface area contributed by atoms with Crippen molar-refractivity contribution in [2.45, 2.75) is 33.7 Å². The molecule has 2 amide bonds. The van der Waals surface area contributed by atoms with Crippen molar-refractivity contribution in [3.8, 4) is 0 Å². The van der Waals surface area contributed by atoms with Crippen molar-refractivity contribution in [2.24, 2.45) is 0 Å². The predicted octanol–water partition coefficient (Wildman–Crippen LogP) is 3.08. The number of anilines is 1. The summed E-state index contributed by atoms with van der Waals surface area (Å²) in [5.41, 5.74) is 4.10. The van der Waals surface area contributed by atoms with Crippen LogP contribution in [0.4, 0.5) is 5.69 Å². The summed E-state index contributed by atoms with van der Waals surface area (Å²) in [6.45, 7) is 6.42. The van der Waals surface area contributed by atoms with Crippen LogP contribution in [-0.2, 0) is 16.1 Å². The van der Waals surface area contributed by atoms with Crippen molar-refractivity contribution < 1.29 is 9.59 Å². The minimum atomic E-state index is -0.0979. The van der Waals surface area contributed by atoms with E-state index in [0.717, 1.165) is 16.8 Å². The van der Waals surface area contributed by atoms with E-state index in [9.17, 15) is 9.59 Å². The quantitative estimate of drug-likeness (QED) is 0.888. The molecule has 0 aliphatic heterocycles. The molecule has 1 N–H and O–H groups in total. The van der Waals surface area contributed by atoms with E-state index in [1.54, 1.807) is 17.3 Å². The van der Waals surface area contributed by atoms with Crippen molar-refractivity contribution in [3.05, 3.63) is 59.4 Å². The lowest BCUT2D eigenvalue weighted by atomic mass is 10.1. The van der Waals surface area contributed by atoms with Crippen molar-refractivity contribution in [1.29, 1.82) is 0 Å². The minimum absolute atomic E-state index is 0.0502. The topological polar surface area (TPSA) is 62.3 Å². The molecule has 0 spiro atoms. The molecule has 0 aliphatic rings. The highest BCUT2D eigenvalue weighted by molar-refractivity contribution is 5.91. The maximum absolute atomic E-state index is 12.1. The van der Waals surface area contributed by atoms with Crippen LogP contribution in [0.5, 0.6) is 0 Å². The number of carbonyl (C=O) groups excluding carboxylic acids is 2. The van der Waals surface area contributed by atoms with Crippen LogP contribution in [0.15, 0.2) is 42.7 Å². The SMILES string of the molecule is CC(=O)N(CCC(=O)Nc1ccc(C)c(C)c1)Cc1ccncc1. The number of benzene rings is 1. The molecule has 24 heavy (non-hydrogen) atoms. The summed E-state index contributed by atoms with van der Waals surface area (Å²) < 4.78 is 0. The van der Waals surface area contributed by atoms with E-state index >= 15 is 0 Å². The largest absolute Gasteiger partial charge is 0.338 e. The summed E-state index contributed by atoms with van der Waals surface area (Å²) in [6, 6.07) is 9.55. The van der Waals surface area contributed by atoms with Gasteiger partial charge in [0.05, 0.1) is 0 Å². The molecule has 1 heterocycles. The maximum Gasteiger partial charge on any atom is 0.226 e. The zero-order valence-electron chi connectivity index (χ0n) is 14.4. The number of pyridine rings is 1. The molecule has 0 aliphatic carbocycles. The fourth-order valence-electron chi connectivity index (χ4n) is 2.34. The molecule has 5 heteroatoms. The molecule has 1 aromatic carbocycles. The Kier molecular flexibility index (Phi) is 6.07. The van der Waals surface area contributed by atoms with Gasteiger partial charge in [-0.1, -0.05) is 6.07 Å². The molecule has 0 bridgehead atoms. The third-order valence-electron chi connectivity index (χ3n) is 3.97. The summed E-state index contributed by atoms with van der Waals surface area (Å²) in [5, 5.41) is 2.88. The zero-order valence-corrected chi connectivity index (χ0v) is 14.4. The number of hydrogen-bond donors (Lipinski definition) is 1. The number of carbonyl (C=O) groups is 2. The third-order valence-corrected chi connectivity index (χ3v) is 3.97. The number of nitrogens with one attached hydrogen (secondary N) is 1. The van der Waals surface area contributed by atoms with Gasteiger partial charge in [0.15, 0.2) is 0 Å². The van der Waals surface area contributed by atoms with Gasteiger partial charge >= 0.3 is 0 Å². The van der Waals surface area contributed by atoms with Gasteiger partial charge in [0.25, 0.3) is 0 Å². The molecule has 0 saturated heterocycles. The highest BCUT2D eigenvalue weighted by Gasteiger charge is 2.12. The van der Waals surface area contributed by atoms with E-state index in [4.69, 9.17) is 0 Å². The van der Waals surface area contributed by atoms with Crippen LogP contribution in [0.3, 0.4) is 0 Å². The van der Waals surface area contributed by atoms with Crippen LogP contribution >= 0.6 is 0 Å². The molecule has 126 valence electrons. The van der Waals surface area contributed by atoms with Crippen molar-refractivity contribution in [2.75, 3.05) is 11.9 Å². The second kappa shape index (κ2) is 8.24. The zero-order chi connectivity index (χ0) is 17.5. The van der Waals surface area contributed by atoms with Gasteiger partial charge in [0.2, 0.25) is 11.8 Å². The molecule has 2 aromatic rings. The van der Waals surface area contributed by atoms with Crippen molar-refractivity contribution in [1.82, 2.24) is 9.88 Å². The van der Waals surface area contributed by atoms with Gasteiger partial charge < -0.3 is 10.2 Å². The average molecular weight is 325 g/mol. The molecule has 0 unspecified atom stereocenters. The lowest BCUT2D eigenvalue weighted by Crippen LogP contribution is -2.31. The fraction of sp³-hybridized carbons (Fsp3) is 0.316. The summed E-state index contributed by atoms with van der Waals surface area (Å²) >= 11 is 0. The fourth-order valence-corrected chi connectivity index (χ4v) is 2.34. The van der Waals surface area contributed by atoms with Crippen molar-refractivity contribution >= 4 is 17.5 Å². The average Bonchev–Trinajstić information content (AvgIpc) is 2.55. The third kappa shape index (κ3) is 5.19. The summed E-state index contributed by atoms with van der Waals surface area (Å²) in [6.07, 6.45) is 3.65. The number of aromatic nitrogens is 1. The highest BCUT2D eigenvalue weighted by atomic mass is 16.2.